The van der Waals surface area contributed by atoms with Crippen LogP contribution in [0.5, 0.6) is 0 Å². The molecule has 2 heterocycles. The molecule has 1 unspecified atom stereocenters. The van der Waals surface area contributed by atoms with E-state index < -0.39 is 6.17 Å². The van der Waals surface area contributed by atoms with Crippen molar-refractivity contribution in [3.8, 4) is 0 Å². The van der Waals surface area contributed by atoms with E-state index in [4.69, 9.17) is 5.73 Å². The summed E-state index contributed by atoms with van der Waals surface area (Å²) >= 11 is 0. The highest BCUT2D eigenvalue weighted by atomic mass is 16.2. The van der Waals surface area contributed by atoms with Crippen molar-refractivity contribution >= 4 is 11.9 Å². The van der Waals surface area contributed by atoms with Gasteiger partial charge in [-0.1, -0.05) is 0 Å². The molecule has 6 nitrogen and oxygen atoms in total. The average molecular weight is 223 g/mol. The lowest BCUT2D eigenvalue weighted by Gasteiger charge is -2.42. The molecule has 0 spiro atoms. The third-order valence-electron chi connectivity index (χ3n) is 2.65. The Bertz CT molecular complexity index is 381. The van der Waals surface area contributed by atoms with Gasteiger partial charge in [0.15, 0.2) is 0 Å². The molecule has 2 rings (SSSR count). The maximum atomic E-state index is 12.3. The first kappa shape index (κ1) is 10.8. The minimum Gasteiger partial charge on any atom is -0.368 e. The molecule has 2 aliphatic heterocycles. The molecular weight excluding hydrogens is 206 g/mol. The molecule has 2 N–H and O–H groups in total. The van der Waals surface area contributed by atoms with Crippen LogP contribution in [0.3, 0.4) is 0 Å². The van der Waals surface area contributed by atoms with Crippen molar-refractivity contribution in [1.82, 2.24) is 14.8 Å². The average Bonchev–Trinajstić information content (AvgIpc) is 2.44. The van der Waals surface area contributed by atoms with E-state index in [1.165, 1.54) is 4.90 Å². The second-order valence-electron chi connectivity index (χ2n) is 5.02. The molecule has 0 aromatic rings. The summed E-state index contributed by atoms with van der Waals surface area (Å²) in [7, 11) is 1.84. The molecule has 1 atom stereocenters. The van der Waals surface area contributed by atoms with E-state index in [9.17, 15) is 4.79 Å². The van der Waals surface area contributed by atoms with Gasteiger partial charge in [-0.3, -0.25) is 9.69 Å². The summed E-state index contributed by atoms with van der Waals surface area (Å²) in [6.45, 7) is 5.81. The van der Waals surface area contributed by atoms with Crippen LogP contribution in [-0.2, 0) is 4.79 Å². The molecule has 2 aliphatic rings. The van der Waals surface area contributed by atoms with E-state index in [1.807, 2.05) is 38.9 Å². The van der Waals surface area contributed by atoms with Crippen molar-refractivity contribution in [2.45, 2.75) is 32.5 Å². The molecule has 0 saturated carbocycles. The second-order valence-corrected chi connectivity index (χ2v) is 5.02. The van der Waals surface area contributed by atoms with Gasteiger partial charge in [-0.05, 0) is 20.8 Å². The summed E-state index contributed by atoms with van der Waals surface area (Å²) in [5.74, 6) is 0.196. The number of guanidine groups is 1. The molecule has 0 bridgehead atoms. The van der Waals surface area contributed by atoms with Crippen molar-refractivity contribution in [3.63, 3.8) is 0 Å². The molecular formula is C10H17N5O. The Morgan fingerprint density at radius 2 is 2.00 bits per heavy atom. The van der Waals surface area contributed by atoms with Crippen molar-refractivity contribution in [3.05, 3.63) is 12.4 Å². The predicted octanol–water partition coefficient (Wildman–Crippen LogP) is -0.0985. The zero-order valence-corrected chi connectivity index (χ0v) is 10.0. The van der Waals surface area contributed by atoms with Gasteiger partial charge in [-0.15, -0.1) is 5.10 Å². The van der Waals surface area contributed by atoms with Crippen LogP contribution in [0.1, 0.15) is 20.8 Å². The number of rotatable bonds is 0. The number of nitrogens with two attached hydrogens (primary N) is 1. The number of hydrogen-bond acceptors (Lipinski definition) is 5. The van der Waals surface area contributed by atoms with Gasteiger partial charge in [0, 0.05) is 25.0 Å². The van der Waals surface area contributed by atoms with Crippen LogP contribution in [-0.4, -0.2) is 45.4 Å². The van der Waals surface area contributed by atoms with Gasteiger partial charge in [-0.25, -0.2) is 5.01 Å². The normalized spacial score (nSPS) is 25.0. The largest absolute Gasteiger partial charge is 0.368 e. The van der Waals surface area contributed by atoms with Gasteiger partial charge in [0.25, 0.3) is 5.91 Å². The Labute approximate surface area is 95.0 Å². The first-order chi connectivity index (χ1) is 7.32. The number of fused-ring (bicyclic) bond motifs is 1. The number of amides is 1. The van der Waals surface area contributed by atoms with Gasteiger partial charge >= 0.3 is 0 Å². The fraction of sp³-hybridized carbons (Fsp3) is 0.600. The van der Waals surface area contributed by atoms with Crippen LogP contribution in [0, 0.1) is 0 Å². The molecule has 0 aromatic heterocycles. The van der Waals surface area contributed by atoms with Gasteiger partial charge in [-0.2, -0.15) is 0 Å². The molecule has 88 valence electrons. The standard InChI is InChI=1S/C10H17N5O/c1-10(2,3)15-8(16)7-13(4)5-6-14(7)12-9(15)11/h5-7H,1-4H3,(H2,11,12). The Morgan fingerprint density at radius 1 is 1.38 bits per heavy atom. The summed E-state index contributed by atoms with van der Waals surface area (Å²) in [5.41, 5.74) is 5.46. The van der Waals surface area contributed by atoms with E-state index in [0.29, 0.717) is 0 Å². The highest BCUT2D eigenvalue weighted by Gasteiger charge is 2.43. The zero-order chi connectivity index (χ0) is 12.1. The topological polar surface area (TPSA) is 65.2 Å². The number of likely N-dealkylation sites (N-methyl/N-ethyl adjacent to an activating group) is 1. The van der Waals surface area contributed by atoms with E-state index in [0.717, 1.165) is 0 Å². The Balaban J connectivity index is 2.39. The molecule has 0 saturated heterocycles. The van der Waals surface area contributed by atoms with E-state index >= 15 is 0 Å². The molecule has 0 aliphatic carbocycles. The molecule has 0 radical (unpaired) electrons. The van der Waals surface area contributed by atoms with E-state index in [2.05, 4.69) is 5.10 Å². The Hall–Kier alpha value is -1.72. The highest BCUT2D eigenvalue weighted by molar-refractivity contribution is 6.01. The van der Waals surface area contributed by atoms with Crippen LogP contribution < -0.4 is 5.73 Å². The predicted molar refractivity (Wildman–Crippen MR) is 60.8 cm³/mol. The van der Waals surface area contributed by atoms with Gasteiger partial charge in [0.2, 0.25) is 12.1 Å². The van der Waals surface area contributed by atoms with Crippen molar-refractivity contribution in [2.24, 2.45) is 10.8 Å². The number of hydrogen-bond donors (Lipinski definition) is 1. The minimum absolute atomic E-state index is 0.0486. The van der Waals surface area contributed by atoms with Crippen LogP contribution >= 0.6 is 0 Å². The SMILES string of the molecule is CN1C=CN2N=C(N)N(C(C)(C)C)C(=O)C12. The quantitative estimate of drug-likeness (QED) is 0.623. The Kier molecular flexibility index (Phi) is 2.11. The number of hydrazone groups is 1. The summed E-state index contributed by atoms with van der Waals surface area (Å²) in [5, 5.41) is 5.78. The molecule has 0 aromatic carbocycles. The first-order valence-corrected chi connectivity index (χ1v) is 5.19. The molecule has 1 amide bonds. The zero-order valence-electron chi connectivity index (χ0n) is 10.0. The minimum atomic E-state index is -0.397. The van der Waals surface area contributed by atoms with Gasteiger partial charge in [0.1, 0.15) is 0 Å². The lowest BCUT2D eigenvalue weighted by atomic mass is 10.1. The second kappa shape index (κ2) is 3.13. The number of nitrogens with zero attached hydrogens (tertiary/aromatic N) is 4. The summed E-state index contributed by atoms with van der Waals surface area (Å²) in [4.78, 5) is 15.7. The fourth-order valence-corrected chi connectivity index (χ4v) is 1.96. The summed E-state index contributed by atoms with van der Waals surface area (Å²) < 4.78 is 0. The van der Waals surface area contributed by atoms with Gasteiger partial charge in [0.05, 0.1) is 0 Å². The Morgan fingerprint density at radius 3 is 2.56 bits per heavy atom. The highest BCUT2D eigenvalue weighted by Crippen LogP contribution is 2.25. The number of carbonyl (C=O) groups is 1. The lowest BCUT2D eigenvalue weighted by molar-refractivity contribution is -0.141. The summed E-state index contributed by atoms with van der Waals surface area (Å²) in [6, 6.07) is 0. The van der Waals surface area contributed by atoms with Crippen LogP contribution in [0.15, 0.2) is 17.5 Å². The van der Waals surface area contributed by atoms with Crippen LogP contribution in [0.25, 0.3) is 0 Å². The first-order valence-electron chi connectivity index (χ1n) is 5.19. The van der Waals surface area contributed by atoms with E-state index in [1.54, 1.807) is 11.2 Å². The molecule has 0 fully saturated rings. The van der Waals surface area contributed by atoms with Crippen molar-refractivity contribution in [1.29, 1.82) is 0 Å². The van der Waals surface area contributed by atoms with Gasteiger partial charge < -0.3 is 10.6 Å². The van der Waals surface area contributed by atoms with E-state index in [-0.39, 0.29) is 17.4 Å². The number of carbonyl (C=O) groups excluding carboxylic acids is 1. The van der Waals surface area contributed by atoms with Crippen LogP contribution in [0.2, 0.25) is 0 Å². The lowest BCUT2D eigenvalue weighted by Crippen LogP contribution is -2.63. The van der Waals surface area contributed by atoms with Crippen LogP contribution in [0.4, 0.5) is 0 Å². The van der Waals surface area contributed by atoms with Crippen molar-refractivity contribution in [2.75, 3.05) is 7.05 Å². The van der Waals surface area contributed by atoms with Crippen molar-refractivity contribution < 1.29 is 4.79 Å². The third-order valence-corrected chi connectivity index (χ3v) is 2.65. The molecule has 6 heteroatoms. The summed E-state index contributed by atoms with van der Waals surface area (Å²) in [6.07, 6.45) is 3.16. The third kappa shape index (κ3) is 1.41. The maximum absolute atomic E-state index is 12.3. The monoisotopic (exact) mass is 223 g/mol. The molecule has 16 heavy (non-hydrogen) atoms. The maximum Gasteiger partial charge on any atom is 0.275 e. The fourth-order valence-electron chi connectivity index (χ4n) is 1.96. The smallest absolute Gasteiger partial charge is 0.275 e.